The van der Waals surface area contributed by atoms with Gasteiger partial charge < -0.3 is 5.11 Å². The summed E-state index contributed by atoms with van der Waals surface area (Å²) in [5.74, 6) is 0.356. The van der Waals surface area contributed by atoms with E-state index in [0.717, 1.165) is 11.1 Å². The van der Waals surface area contributed by atoms with Crippen molar-refractivity contribution < 1.29 is 9.90 Å². The fourth-order valence-corrected chi connectivity index (χ4v) is 1.37. The standard InChI is InChI=1S/C11H14O2.C2H6/c1-7(2)10-5-8(3)4-9(6-12)11(10)13;1-2/h4-7,13H,1-3H3;1-2H3. The summed E-state index contributed by atoms with van der Waals surface area (Å²) in [6.45, 7) is 9.89. The van der Waals surface area contributed by atoms with Crippen LogP contribution in [0, 0.1) is 6.92 Å². The lowest BCUT2D eigenvalue weighted by Gasteiger charge is -2.10. The number of hydrogen-bond donors (Lipinski definition) is 1. The van der Waals surface area contributed by atoms with E-state index in [-0.39, 0.29) is 11.7 Å². The third-order valence-corrected chi connectivity index (χ3v) is 2.06. The molecule has 0 amide bonds. The van der Waals surface area contributed by atoms with Crippen LogP contribution in [0.3, 0.4) is 0 Å². The van der Waals surface area contributed by atoms with Crippen LogP contribution in [0.1, 0.15) is 55.1 Å². The van der Waals surface area contributed by atoms with Gasteiger partial charge in [0.05, 0.1) is 5.56 Å². The Morgan fingerprint density at radius 1 is 1.27 bits per heavy atom. The largest absolute Gasteiger partial charge is 0.507 e. The Bertz CT molecular complexity index is 328. The Labute approximate surface area is 91.9 Å². The molecule has 1 N–H and O–H groups in total. The quantitative estimate of drug-likeness (QED) is 0.753. The van der Waals surface area contributed by atoms with Crippen LogP contribution in [0.15, 0.2) is 12.1 Å². The molecule has 0 saturated carbocycles. The van der Waals surface area contributed by atoms with E-state index in [1.165, 1.54) is 0 Å². The lowest BCUT2D eigenvalue weighted by atomic mass is 9.97. The molecular formula is C13H20O2. The van der Waals surface area contributed by atoms with Crippen molar-refractivity contribution in [1.82, 2.24) is 0 Å². The molecule has 0 atom stereocenters. The third kappa shape index (κ3) is 3.39. The summed E-state index contributed by atoms with van der Waals surface area (Å²) in [5.41, 5.74) is 2.22. The first-order chi connectivity index (χ1) is 7.06. The Kier molecular flexibility index (Phi) is 5.68. The molecule has 0 radical (unpaired) electrons. The summed E-state index contributed by atoms with van der Waals surface area (Å²) < 4.78 is 0. The highest BCUT2D eigenvalue weighted by Crippen LogP contribution is 2.29. The predicted molar refractivity (Wildman–Crippen MR) is 63.7 cm³/mol. The van der Waals surface area contributed by atoms with Gasteiger partial charge in [0.1, 0.15) is 5.75 Å². The maximum Gasteiger partial charge on any atom is 0.153 e. The topological polar surface area (TPSA) is 37.3 Å². The maximum absolute atomic E-state index is 10.6. The lowest BCUT2D eigenvalue weighted by Crippen LogP contribution is -1.93. The van der Waals surface area contributed by atoms with Crippen molar-refractivity contribution in [2.24, 2.45) is 0 Å². The zero-order valence-electron chi connectivity index (χ0n) is 10.2. The van der Waals surface area contributed by atoms with Gasteiger partial charge in [0.2, 0.25) is 0 Å². The van der Waals surface area contributed by atoms with Crippen LogP contribution in [0.5, 0.6) is 5.75 Å². The molecule has 0 heterocycles. The molecule has 2 heteroatoms. The molecule has 1 rings (SSSR count). The molecule has 0 aliphatic carbocycles. The molecule has 0 unspecified atom stereocenters. The minimum absolute atomic E-state index is 0.121. The van der Waals surface area contributed by atoms with Gasteiger partial charge in [-0.15, -0.1) is 0 Å². The number of aromatic hydroxyl groups is 1. The molecule has 1 aromatic carbocycles. The molecule has 0 aromatic heterocycles. The molecule has 0 aliphatic heterocycles. The number of carbonyl (C=O) groups excluding carboxylic acids is 1. The fourth-order valence-electron chi connectivity index (χ4n) is 1.37. The van der Waals surface area contributed by atoms with E-state index in [4.69, 9.17) is 0 Å². The van der Waals surface area contributed by atoms with Gasteiger partial charge in [-0.05, 0) is 30.0 Å². The van der Waals surface area contributed by atoms with E-state index >= 15 is 0 Å². The van der Waals surface area contributed by atoms with Crippen LogP contribution in [0.25, 0.3) is 0 Å². The molecule has 15 heavy (non-hydrogen) atoms. The second-order valence-electron chi connectivity index (χ2n) is 3.56. The van der Waals surface area contributed by atoms with Crippen molar-refractivity contribution in [3.8, 4) is 5.75 Å². The second kappa shape index (κ2) is 6.23. The maximum atomic E-state index is 10.6. The molecule has 0 spiro atoms. The van der Waals surface area contributed by atoms with Gasteiger partial charge in [0, 0.05) is 0 Å². The number of phenolic OH excluding ortho intramolecular Hbond substituents is 1. The highest BCUT2D eigenvalue weighted by molar-refractivity contribution is 5.80. The van der Waals surface area contributed by atoms with Crippen LogP contribution in [0.2, 0.25) is 0 Å². The average Bonchev–Trinajstić information content (AvgIpc) is 2.23. The lowest BCUT2D eigenvalue weighted by molar-refractivity contribution is 0.112. The summed E-state index contributed by atoms with van der Waals surface area (Å²) in [4.78, 5) is 10.6. The molecule has 84 valence electrons. The number of hydrogen-bond acceptors (Lipinski definition) is 2. The van der Waals surface area contributed by atoms with Crippen molar-refractivity contribution in [2.75, 3.05) is 0 Å². The van der Waals surface area contributed by atoms with Gasteiger partial charge >= 0.3 is 0 Å². The van der Waals surface area contributed by atoms with E-state index in [1.54, 1.807) is 6.07 Å². The number of benzene rings is 1. The Balaban J connectivity index is 0.000000921. The normalized spacial score (nSPS) is 9.47. The number of phenols is 1. The van der Waals surface area contributed by atoms with E-state index < -0.39 is 0 Å². The molecule has 1 aromatic rings. The van der Waals surface area contributed by atoms with Crippen molar-refractivity contribution in [3.05, 3.63) is 28.8 Å². The van der Waals surface area contributed by atoms with Crippen LogP contribution >= 0.6 is 0 Å². The Morgan fingerprint density at radius 2 is 1.80 bits per heavy atom. The van der Waals surface area contributed by atoms with E-state index in [0.29, 0.717) is 11.8 Å². The second-order valence-corrected chi connectivity index (χ2v) is 3.56. The first-order valence-electron chi connectivity index (χ1n) is 5.35. The summed E-state index contributed by atoms with van der Waals surface area (Å²) in [5, 5.41) is 9.65. The first-order valence-corrected chi connectivity index (χ1v) is 5.35. The molecule has 0 aliphatic rings. The minimum atomic E-state index is 0.121. The zero-order valence-corrected chi connectivity index (χ0v) is 10.2. The number of rotatable bonds is 2. The number of aryl methyl sites for hydroxylation is 1. The third-order valence-electron chi connectivity index (χ3n) is 2.06. The minimum Gasteiger partial charge on any atom is -0.507 e. The predicted octanol–water partition coefficient (Wildman–Crippen LogP) is 3.66. The average molecular weight is 208 g/mol. The van der Waals surface area contributed by atoms with Crippen molar-refractivity contribution in [2.45, 2.75) is 40.5 Å². The van der Waals surface area contributed by atoms with Gasteiger partial charge in [0.25, 0.3) is 0 Å². The van der Waals surface area contributed by atoms with Crippen LogP contribution < -0.4 is 0 Å². The van der Waals surface area contributed by atoms with E-state index in [9.17, 15) is 9.90 Å². The van der Waals surface area contributed by atoms with Gasteiger partial charge in [-0.25, -0.2) is 0 Å². The summed E-state index contributed by atoms with van der Waals surface area (Å²) in [7, 11) is 0. The van der Waals surface area contributed by atoms with Crippen LogP contribution in [-0.2, 0) is 0 Å². The number of carbonyl (C=O) groups is 1. The SMILES string of the molecule is CC.Cc1cc(C=O)c(O)c(C(C)C)c1. The molecular weight excluding hydrogens is 188 g/mol. The van der Waals surface area contributed by atoms with Gasteiger partial charge in [0.15, 0.2) is 6.29 Å². The van der Waals surface area contributed by atoms with Crippen molar-refractivity contribution in [1.29, 1.82) is 0 Å². The fraction of sp³-hybridized carbons (Fsp3) is 0.462. The smallest absolute Gasteiger partial charge is 0.153 e. The van der Waals surface area contributed by atoms with Gasteiger partial charge in [-0.3, -0.25) is 4.79 Å². The summed E-state index contributed by atoms with van der Waals surface area (Å²) >= 11 is 0. The number of aldehydes is 1. The van der Waals surface area contributed by atoms with E-state index in [2.05, 4.69) is 0 Å². The Hall–Kier alpha value is -1.31. The highest BCUT2D eigenvalue weighted by atomic mass is 16.3. The molecule has 2 nitrogen and oxygen atoms in total. The van der Waals surface area contributed by atoms with Crippen LogP contribution in [0.4, 0.5) is 0 Å². The summed E-state index contributed by atoms with van der Waals surface area (Å²) in [6, 6.07) is 3.60. The van der Waals surface area contributed by atoms with Crippen molar-refractivity contribution >= 4 is 6.29 Å². The molecule has 0 bridgehead atoms. The van der Waals surface area contributed by atoms with Gasteiger partial charge in [-0.1, -0.05) is 33.8 Å². The monoisotopic (exact) mass is 208 g/mol. The van der Waals surface area contributed by atoms with E-state index in [1.807, 2.05) is 40.7 Å². The van der Waals surface area contributed by atoms with Gasteiger partial charge in [-0.2, -0.15) is 0 Å². The molecule has 0 saturated heterocycles. The molecule has 0 fully saturated rings. The van der Waals surface area contributed by atoms with Crippen LogP contribution in [-0.4, -0.2) is 11.4 Å². The van der Waals surface area contributed by atoms with Crippen molar-refractivity contribution in [3.63, 3.8) is 0 Å². The zero-order chi connectivity index (χ0) is 12.0. The highest BCUT2D eigenvalue weighted by Gasteiger charge is 2.10. The first kappa shape index (κ1) is 13.7. The Morgan fingerprint density at radius 3 is 2.20 bits per heavy atom. The summed E-state index contributed by atoms with van der Waals surface area (Å²) in [6.07, 6.45) is 0.689.